The summed E-state index contributed by atoms with van der Waals surface area (Å²) in [5, 5.41) is 13.2. The lowest BCUT2D eigenvalue weighted by Crippen LogP contribution is -2.49. The molecule has 2 aromatic carbocycles. The van der Waals surface area contributed by atoms with Crippen LogP contribution in [0.15, 0.2) is 48.5 Å². The van der Waals surface area contributed by atoms with Gasteiger partial charge in [0.1, 0.15) is 5.82 Å². The van der Waals surface area contributed by atoms with Crippen molar-refractivity contribution in [2.24, 2.45) is 0 Å². The van der Waals surface area contributed by atoms with Crippen LogP contribution in [0.2, 0.25) is 0 Å². The van der Waals surface area contributed by atoms with Crippen molar-refractivity contribution in [2.75, 3.05) is 57.0 Å². The first kappa shape index (κ1) is 32.9. The van der Waals surface area contributed by atoms with Crippen molar-refractivity contribution < 1.29 is 19.5 Å². The molecule has 0 bridgehead atoms. The van der Waals surface area contributed by atoms with Crippen LogP contribution < -0.4 is 10.2 Å². The zero-order valence-corrected chi connectivity index (χ0v) is 23.8. The lowest BCUT2D eigenvalue weighted by Gasteiger charge is -2.35. The predicted octanol–water partition coefficient (Wildman–Crippen LogP) is 3.97. The van der Waals surface area contributed by atoms with Gasteiger partial charge in [0.25, 0.3) is 5.91 Å². The molecule has 1 aliphatic heterocycles. The molecule has 0 aliphatic carbocycles. The molecule has 9 nitrogen and oxygen atoms in total. The summed E-state index contributed by atoms with van der Waals surface area (Å²) in [6, 6.07) is 14.0. The second kappa shape index (κ2) is 14.2. The molecule has 0 spiro atoms. The largest absolute Gasteiger partial charge is 0.478 e. The minimum absolute atomic E-state index is 0. The third-order valence-corrected chi connectivity index (χ3v) is 6.23. The monoisotopic (exact) mass is 583 g/mol. The van der Waals surface area contributed by atoms with Crippen molar-refractivity contribution in [3.63, 3.8) is 0 Å². The topological polar surface area (TPSA) is 106 Å². The van der Waals surface area contributed by atoms with Gasteiger partial charge in [0.2, 0.25) is 5.91 Å². The first-order chi connectivity index (χ1) is 16.7. The van der Waals surface area contributed by atoms with Gasteiger partial charge in [0.15, 0.2) is 0 Å². The molecular formula is C26H32Cl3N5O4. The average molecular weight is 585 g/mol. The standard InChI is InChI=1S/C26H29N5O4.3ClH/c1-17-6-4-5-7-19(17)25(33)27-18-8-9-22-20(14-18)21(26(34)35)15-23(28-22)31-12-10-30(11-13-31)16-24(32)29(2)3;;;/h4-9,14-15H,10-13,16H2,1-3H3,(H,27,33)(H,34,35);3*1H. The van der Waals surface area contributed by atoms with E-state index in [1.54, 1.807) is 55.4 Å². The highest BCUT2D eigenvalue weighted by Gasteiger charge is 2.23. The SMILES string of the molecule is Cc1ccccc1C(=O)Nc1ccc2nc(N3CCN(CC(=O)N(C)C)CC3)cc(C(=O)O)c2c1.Cl.Cl.Cl. The number of nitrogens with one attached hydrogen (secondary N) is 1. The molecule has 0 saturated carbocycles. The number of pyridine rings is 1. The van der Waals surface area contributed by atoms with Gasteiger partial charge in [-0.05, 0) is 42.8 Å². The highest BCUT2D eigenvalue weighted by molar-refractivity contribution is 6.08. The van der Waals surface area contributed by atoms with Crippen molar-refractivity contribution in [1.82, 2.24) is 14.8 Å². The van der Waals surface area contributed by atoms with E-state index < -0.39 is 5.97 Å². The Morgan fingerprint density at radius 3 is 2.21 bits per heavy atom. The summed E-state index contributed by atoms with van der Waals surface area (Å²) in [7, 11) is 3.48. The number of likely N-dealkylation sites (N-methyl/N-ethyl adjacent to an activating group) is 1. The molecule has 0 unspecified atom stereocenters. The summed E-state index contributed by atoms with van der Waals surface area (Å²) in [5.41, 5.74) is 2.59. The number of anilines is 2. The molecule has 1 aromatic heterocycles. The van der Waals surface area contributed by atoms with Gasteiger partial charge in [-0.3, -0.25) is 14.5 Å². The molecule has 1 saturated heterocycles. The number of benzene rings is 2. The van der Waals surface area contributed by atoms with E-state index in [4.69, 9.17) is 4.98 Å². The molecule has 12 heteroatoms. The number of aromatic carboxylic acids is 1. The second-order valence-corrected chi connectivity index (χ2v) is 8.89. The smallest absolute Gasteiger partial charge is 0.336 e. The number of aromatic nitrogens is 1. The number of rotatable bonds is 6. The fraction of sp³-hybridized carbons (Fsp3) is 0.308. The van der Waals surface area contributed by atoms with Crippen LogP contribution in [-0.2, 0) is 4.79 Å². The minimum atomic E-state index is -1.06. The van der Waals surface area contributed by atoms with Gasteiger partial charge in [-0.15, -0.1) is 37.2 Å². The van der Waals surface area contributed by atoms with Crippen molar-refractivity contribution in [1.29, 1.82) is 0 Å². The van der Waals surface area contributed by atoms with Crippen molar-refractivity contribution in [2.45, 2.75) is 6.92 Å². The number of carbonyl (C=O) groups is 3. The van der Waals surface area contributed by atoms with Gasteiger partial charge in [0, 0.05) is 56.9 Å². The number of carbonyl (C=O) groups excluding carboxylic acids is 2. The lowest BCUT2D eigenvalue weighted by atomic mass is 10.1. The van der Waals surface area contributed by atoms with Crippen LogP contribution >= 0.6 is 37.2 Å². The predicted molar refractivity (Wildman–Crippen MR) is 157 cm³/mol. The number of aryl methyl sites for hydroxylation is 1. The number of amides is 2. The molecule has 0 atom stereocenters. The lowest BCUT2D eigenvalue weighted by molar-refractivity contribution is -0.129. The summed E-state index contributed by atoms with van der Waals surface area (Å²) < 4.78 is 0. The van der Waals surface area contributed by atoms with E-state index in [0.29, 0.717) is 60.7 Å². The molecule has 2 amide bonds. The number of hydrogen-bond acceptors (Lipinski definition) is 6. The van der Waals surface area contributed by atoms with Gasteiger partial charge in [0.05, 0.1) is 17.6 Å². The van der Waals surface area contributed by atoms with Crippen LogP contribution in [0.1, 0.15) is 26.3 Å². The van der Waals surface area contributed by atoms with Crippen molar-refractivity contribution >= 4 is 77.4 Å². The van der Waals surface area contributed by atoms with Gasteiger partial charge in [-0.25, -0.2) is 9.78 Å². The normalized spacial score (nSPS) is 13.0. The fourth-order valence-electron chi connectivity index (χ4n) is 4.12. The Morgan fingerprint density at radius 2 is 1.61 bits per heavy atom. The Morgan fingerprint density at radius 1 is 0.947 bits per heavy atom. The molecule has 206 valence electrons. The quantitative estimate of drug-likeness (QED) is 0.452. The zero-order valence-electron chi connectivity index (χ0n) is 21.3. The molecule has 0 radical (unpaired) electrons. The molecule has 2 heterocycles. The number of hydrogen-bond donors (Lipinski definition) is 2. The van der Waals surface area contributed by atoms with Crippen LogP contribution in [-0.4, -0.2) is 84.5 Å². The van der Waals surface area contributed by atoms with Gasteiger partial charge >= 0.3 is 5.97 Å². The molecule has 4 rings (SSSR count). The van der Waals surface area contributed by atoms with Crippen molar-refractivity contribution in [3.05, 3.63) is 65.2 Å². The van der Waals surface area contributed by atoms with Gasteiger partial charge in [-0.1, -0.05) is 18.2 Å². The van der Waals surface area contributed by atoms with Crippen molar-refractivity contribution in [3.8, 4) is 0 Å². The molecule has 1 fully saturated rings. The second-order valence-electron chi connectivity index (χ2n) is 8.89. The summed E-state index contributed by atoms with van der Waals surface area (Å²) in [4.78, 5) is 47.2. The Bertz CT molecular complexity index is 1300. The Balaban J connectivity index is 0.00000241. The van der Waals surface area contributed by atoms with E-state index in [0.717, 1.165) is 5.56 Å². The van der Waals surface area contributed by atoms with E-state index in [1.165, 1.54) is 0 Å². The van der Waals surface area contributed by atoms with Crippen LogP contribution in [0.3, 0.4) is 0 Å². The van der Waals surface area contributed by atoms with Gasteiger partial charge in [-0.2, -0.15) is 0 Å². The Labute approximate surface area is 240 Å². The average Bonchev–Trinajstić information content (AvgIpc) is 2.84. The third kappa shape index (κ3) is 7.48. The van der Waals surface area contributed by atoms with Crippen LogP contribution in [0.25, 0.3) is 10.9 Å². The molecule has 38 heavy (non-hydrogen) atoms. The molecule has 3 aromatic rings. The number of halogens is 3. The first-order valence-electron chi connectivity index (χ1n) is 11.5. The highest BCUT2D eigenvalue weighted by atomic mass is 35.5. The third-order valence-electron chi connectivity index (χ3n) is 6.23. The van der Waals surface area contributed by atoms with E-state index in [-0.39, 0.29) is 54.6 Å². The maximum Gasteiger partial charge on any atom is 0.336 e. The van der Waals surface area contributed by atoms with Gasteiger partial charge < -0.3 is 20.2 Å². The van der Waals surface area contributed by atoms with E-state index in [1.807, 2.05) is 24.0 Å². The van der Waals surface area contributed by atoms with Crippen LogP contribution in [0.5, 0.6) is 0 Å². The first-order valence-corrected chi connectivity index (χ1v) is 11.5. The number of nitrogens with zero attached hydrogens (tertiary/aromatic N) is 4. The Hall–Kier alpha value is -3.11. The maximum absolute atomic E-state index is 12.7. The van der Waals surface area contributed by atoms with E-state index in [2.05, 4.69) is 10.2 Å². The number of carboxylic acid groups (broad SMARTS) is 1. The summed E-state index contributed by atoms with van der Waals surface area (Å²) >= 11 is 0. The number of piperazine rings is 1. The van der Waals surface area contributed by atoms with E-state index in [9.17, 15) is 19.5 Å². The Kier molecular flexibility index (Phi) is 12.3. The number of carboxylic acids is 1. The highest BCUT2D eigenvalue weighted by Crippen LogP contribution is 2.27. The summed E-state index contributed by atoms with van der Waals surface area (Å²) in [6.45, 7) is 4.88. The minimum Gasteiger partial charge on any atom is -0.478 e. The summed E-state index contributed by atoms with van der Waals surface area (Å²) in [5.74, 6) is -0.670. The van der Waals surface area contributed by atoms with Crippen LogP contribution in [0, 0.1) is 6.92 Å². The molecule has 2 N–H and O–H groups in total. The van der Waals surface area contributed by atoms with E-state index >= 15 is 0 Å². The number of fused-ring (bicyclic) bond motifs is 1. The summed E-state index contributed by atoms with van der Waals surface area (Å²) in [6.07, 6.45) is 0. The van der Waals surface area contributed by atoms with Crippen LogP contribution in [0.4, 0.5) is 11.5 Å². The fourth-order valence-corrected chi connectivity index (χ4v) is 4.12. The zero-order chi connectivity index (χ0) is 25.1. The molecular weight excluding hydrogens is 553 g/mol. The maximum atomic E-state index is 12.7. The molecule has 1 aliphatic rings.